The summed E-state index contributed by atoms with van der Waals surface area (Å²) in [7, 11) is -1.48. The van der Waals surface area contributed by atoms with Gasteiger partial charge >= 0.3 is 18.3 Å². The van der Waals surface area contributed by atoms with Crippen LogP contribution in [0.3, 0.4) is 0 Å². The van der Waals surface area contributed by atoms with Gasteiger partial charge in [0.1, 0.15) is 11.6 Å². The first kappa shape index (κ1) is 34.9. The fraction of sp³-hybridized carbons (Fsp3) is 0.387. The van der Waals surface area contributed by atoms with E-state index in [-0.39, 0.29) is 31.0 Å². The van der Waals surface area contributed by atoms with Crippen LogP contribution in [0.2, 0.25) is 25.7 Å². The number of amides is 4. The van der Waals surface area contributed by atoms with Crippen molar-refractivity contribution in [3.8, 4) is 0 Å². The summed E-state index contributed by atoms with van der Waals surface area (Å²) in [4.78, 5) is 54.9. The Morgan fingerprint density at radius 2 is 1.69 bits per heavy atom. The van der Waals surface area contributed by atoms with Crippen LogP contribution in [0, 0.1) is 11.6 Å². The Hall–Kier alpha value is -4.59. The van der Waals surface area contributed by atoms with Gasteiger partial charge in [0.2, 0.25) is 5.91 Å². The number of ether oxygens (including phenoxy) is 2. The maximum absolute atomic E-state index is 13.9. The minimum absolute atomic E-state index is 0.00176. The summed E-state index contributed by atoms with van der Waals surface area (Å²) < 4.78 is 37.8. The molecule has 1 atom stereocenters. The van der Waals surface area contributed by atoms with Gasteiger partial charge in [0.05, 0.1) is 6.61 Å². The van der Waals surface area contributed by atoms with E-state index in [0.717, 1.165) is 18.2 Å². The third kappa shape index (κ3) is 10.5. The van der Waals surface area contributed by atoms with Gasteiger partial charge in [0, 0.05) is 32.6 Å². The molecule has 242 valence electrons. The van der Waals surface area contributed by atoms with Gasteiger partial charge in [-0.3, -0.25) is 4.79 Å². The van der Waals surface area contributed by atoms with Crippen LogP contribution >= 0.6 is 0 Å². The summed E-state index contributed by atoms with van der Waals surface area (Å²) in [6.45, 7) is 11.4. The number of hydrogen-bond acceptors (Lipinski definition) is 7. The molecule has 0 aliphatic carbocycles. The highest BCUT2D eigenvalue weighted by Crippen LogP contribution is 2.27. The first-order valence-corrected chi connectivity index (χ1v) is 17.9. The number of hydrogen-bond donors (Lipinski definition) is 3. The van der Waals surface area contributed by atoms with Crippen LogP contribution in [-0.4, -0.2) is 60.6 Å². The number of aromatic nitrogens is 1. The highest BCUT2D eigenvalue weighted by molar-refractivity contribution is 6.76. The zero-order valence-electron chi connectivity index (χ0n) is 26.1. The van der Waals surface area contributed by atoms with E-state index in [4.69, 9.17) is 9.47 Å². The number of rotatable bonds is 10. The van der Waals surface area contributed by atoms with Gasteiger partial charge in [0.25, 0.3) is 0 Å². The number of halogens is 2. The molecule has 14 heteroatoms. The molecule has 2 aromatic carbocycles. The van der Waals surface area contributed by atoms with Gasteiger partial charge in [-0.25, -0.2) is 28.1 Å². The number of pyridine rings is 1. The van der Waals surface area contributed by atoms with E-state index >= 15 is 0 Å². The lowest BCUT2D eigenvalue weighted by atomic mass is 10.0. The maximum Gasteiger partial charge on any atom is 0.425 e. The molecular formula is C31H38F2N4O7Si. The summed E-state index contributed by atoms with van der Waals surface area (Å²) in [5.74, 6) is -2.86. The van der Waals surface area contributed by atoms with Gasteiger partial charge in [-0.1, -0.05) is 37.8 Å². The second kappa shape index (κ2) is 14.5. The number of anilines is 1. The summed E-state index contributed by atoms with van der Waals surface area (Å²) in [5.41, 5.74) is -0.0464. The van der Waals surface area contributed by atoms with Crippen molar-refractivity contribution in [3.63, 3.8) is 0 Å². The minimum atomic E-state index is -1.57. The monoisotopic (exact) mass is 644 g/mol. The van der Waals surface area contributed by atoms with Gasteiger partial charge in [-0.05, 0) is 67.6 Å². The van der Waals surface area contributed by atoms with Crippen molar-refractivity contribution in [1.82, 2.24) is 15.6 Å². The molecule has 45 heavy (non-hydrogen) atoms. The Morgan fingerprint density at radius 1 is 1.00 bits per heavy atom. The number of carbonyl (C=O) groups excluding carboxylic acids is 3. The van der Waals surface area contributed by atoms with Crippen molar-refractivity contribution >= 4 is 48.9 Å². The molecule has 0 bridgehead atoms. The molecule has 3 aromatic rings. The van der Waals surface area contributed by atoms with Crippen LogP contribution < -0.4 is 15.5 Å². The van der Waals surface area contributed by atoms with E-state index in [1.807, 2.05) is 0 Å². The molecule has 0 aliphatic heterocycles. The average Bonchev–Trinajstić information content (AvgIpc) is 2.91. The summed E-state index contributed by atoms with van der Waals surface area (Å²) in [5, 5.41) is 15.9. The van der Waals surface area contributed by atoms with Gasteiger partial charge in [-0.2, -0.15) is 4.90 Å². The minimum Gasteiger partial charge on any atom is -0.464 e. The van der Waals surface area contributed by atoms with Crippen LogP contribution in [0.25, 0.3) is 10.8 Å². The molecule has 0 aliphatic rings. The quantitative estimate of drug-likeness (QED) is 0.220. The molecule has 3 rings (SSSR count). The van der Waals surface area contributed by atoms with Crippen LogP contribution in [-0.2, 0) is 27.2 Å². The first-order chi connectivity index (χ1) is 20.9. The van der Waals surface area contributed by atoms with Crippen molar-refractivity contribution < 1.29 is 42.5 Å². The SMILES string of the molecule is CC(C)(C)OC(=O)N(C(=O)O)c1nccc2cc(CNC(=O)C(Cc3ccc(F)c(F)c3)NC(=O)OCC[Si](C)(C)C)ccc12. The van der Waals surface area contributed by atoms with Gasteiger partial charge in [-0.15, -0.1) is 0 Å². The lowest BCUT2D eigenvalue weighted by molar-refractivity contribution is -0.123. The molecule has 1 unspecified atom stereocenters. The van der Waals surface area contributed by atoms with Crippen LogP contribution in [0.4, 0.5) is 29.0 Å². The normalized spacial score (nSPS) is 12.3. The number of nitrogens with zero attached hydrogens (tertiary/aromatic N) is 2. The summed E-state index contributed by atoms with van der Waals surface area (Å²) in [6.07, 6.45) is -2.27. The fourth-order valence-electron chi connectivity index (χ4n) is 4.12. The standard InChI is InChI=1S/C31H38F2N4O7Si/c1-31(2,3)44-30(42)37(29(40)41)26-22-9-7-20(15-21(22)11-12-34-26)18-35-27(38)25(17-19-8-10-23(32)24(33)16-19)36-28(39)43-13-14-45(4,5)6/h7-12,15-16,25H,13-14,17-18H2,1-6H3,(H,35,38)(H,36,39)(H,40,41). The molecule has 0 radical (unpaired) electrons. The van der Waals surface area contributed by atoms with Gasteiger partial charge in [0.15, 0.2) is 17.5 Å². The first-order valence-electron chi connectivity index (χ1n) is 14.2. The third-order valence-electron chi connectivity index (χ3n) is 6.37. The molecule has 3 N–H and O–H groups in total. The third-order valence-corrected chi connectivity index (χ3v) is 8.08. The van der Waals surface area contributed by atoms with Crippen molar-refractivity contribution in [2.24, 2.45) is 0 Å². The zero-order valence-corrected chi connectivity index (χ0v) is 27.1. The predicted molar refractivity (Wildman–Crippen MR) is 167 cm³/mol. The van der Waals surface area contributed by atoms with Gasteiger partial charge < -0.3 is 25.2 Å². The number of fused-ring (bicyclic) bond motifs is 1. The van der Waals surface area contributed by atoms with E-state index in [1.54, 1.807) is 45.0 Å². The molecule has 1 heterocycles. The number of benzene rings is 2. The Balaban J connectivity index is 1.79. The predicted octanol–water partition coefficient (Wildman–Crippen LogP) is 6.22. The van der Waals surface area contributed by atoms with E-state index in [9.17, 15) is 33.1 Å². The molecule has 11 nitrogen and oxygen atoms in total. The second-order valence-corrected chi connectivity index (χ2v) is 18.2. The van der Waals surface area contributed by atoms with Crippen molar-refractivity contribution in [2.75, 3.05) is 11.5 Å². The molecular weight excluding hydrogens is 606 g/mol. The molecule has 0 saturated heterocycles. The maximum atomic E-state index is 13.9. The van der Waals surface area contributed by atoms with E-state index in [2.05, 4.69) is 35.3 Å². The van der Waals surface area contributed by atoms with Crippen molar-refractivity contribution in [3.05, 3.63) is 71.4 Å². The second-order valence-electron chi connectivity index (χ2n) is 12.6. The molecule has 0 fully saturated rings. The molecule has 4 amide bonds. The number of alkyl carbamates (subject to hydrolysis) is 1. The Bertz CT molecular complexity index is 1570. The smallest absolute Gasteiger partial charge is 0.425 e. The van der Waals surface area contributed by atoms with E-state index in [1.165, 1.54) is 12.3 Å². The lowest BCUT2D eigenvalue weighted by Crippen LogP contribution is -2.48. The summed E-state index contributed by atoms with van der Waals surface area (Å²) >= 11 is 0. The Kier molecular flexibility index (Phi) is 11.2. The average molecular weight is 645 g/mol. The topological polar surface area (TPSA) is 147 Å². The fourth-order valence-corrected chi connectivity index (χ4v) is 4.83. The highest BCUT2D eigenvalue weighted by Gasteiger charge is 2.31. The van der Waals surface area contributed by atoms with E-state index in [0.29, 0.717) is 21.2 Å². The number of carboxylic acid groups (broad SMARTS) is 1. The van der Waals surface area contributed by atoms with Crippen molar-refractivity contribution in [2.45, 2.75) is 71.1 Å². The van der Waals surface area contributed by atoms with Crippen LogP contribution in [0.5, 0.6) is 0 Å². The van der Waals surface area contributed by atoms with Crippen LogP contribution in [0.15, 0.2) is 48.7 Å². The van der Waals surface area contributed by atoms with Crippen LogP contribution in [0.1, 0.15) is 31.9 Å². The largest absolute Gasteiger partial charge is 0.464 e. The number of carbonyl (C=O) groups is 4. The molecule has 0 spiro atoms. The number of imide groups is 1. The number of nitrogens with one attached hydrogen (secondary N) is 2. The highest BCUT2D eigenvalue weighted by atomic mass is 28.3. The molecule has 1 aromatic heterocycles. The summed E-state index contributed by atoms with van der Waals surface area (Å²) in [6, 6.07) is 9.26. The zero-order chi connectivity index (χ0) is 33.5. The Labute approximate surface area is 260 Å². The Morgan fingerprint density at radius 3 is 2.31 bits per heavy atom. The lowest BCUT2D eigenvalue weighted by Gasteiger charge is -2.24. The molecule has 0 saturated carbocycles. The van der Waals surface area contributed by atoms with Crippen molar-refractivity contribution in [1.29, 1.82) is 0 Å². The van der Waals surface area contributed by atoms with E-state index < -0.39 is 55.5 Å².